The quantitative estimate of drug-likeness (QED) is 0.476. The van der Waals surface area contributed by atoms with Crippen LogP contribution >= 0.6 is 0 Å². The molecular weight excluding hydrogens is 290 g/mol. The molecule has 0 heterocycles. The van der Waals surface area contributed by atoms with Crippen LogP contribution in [0.1, 0.15) is 104 Å². The summed E-state index contributed by atoms with van der Waals surface area (Å²) in [6.45, 7) is 4.57. The molecule has 3 fully saturated rings. The second-order valence-electron chi connectivity index (χ2n) is 9.49. The number of nitrogens with zero attached hydrogens (tertiary/aromatic N) is 1. The van der Waals surface area contributed by atoms with Crippen LogP contribution in [-0.2, 0) is 0 Å². The van der Waals surface area contributed by atoms with E-state index < -0.39 is 0 Å². The molecule has 1 nitrogen and oxygen atoms in total. The van der Waals surface area contributed by atoms with E-state index in [1.807, 2.05) is 0 Å². The van der Waals surface area contributed by atoms with E-state index in [-0.39, 0.29) is 5.41 Å². The van der Waals surface area contributed by atoms with Crippen molar-refractivity contribution < 1.29 is 0 Å². The summed E-state index contributed by atoms with van der Waals surface area (Å²) in [4.78, 5) is 0. The average Bonchev–Trinajstić information content (AvgIpc) is 2.61. The Morgan fingerprint density at radius 3 is 2.46 bits per heavy atom. The lowest BCUT2D eigenvalue weighted by atomic mass is 9.52. The highest BCUT2D eigenvalue weighted by atomic mass is 14.5. The number of nitriles is 1. The van der Waals surface area contributed by atoms with E-state index in [1.54, 1.807) is 0 Å². The summed E-state index contributed by atoms with van der Waals surface area (Å²) in [6.07, 6.45) is 19.3. The van der Waals surface area contributed by atoms with Crippen molar-refractivity contribution >= 4 is 0 Å². The molecule has 4 unspecified atom stereocenters. The lowest BCUT2D eigenvalue weighted by Crippen LogP contribution is -2.44. The molecule has 0 aromatic rings. The van der Waals surface area contributed by atoms with Crippen LogP contribution in [0.15, 0.2) is 0 Å². The van der Waals surface area contributed by atoms with Crippen molar-refractivity contribution in [2.24, 2.45) is 35.0 Å². The van der Waals surface area contributed by atoms with Crippen LogP contribution in [0.2, 0.25) is 0 Å². The first kappa shape index (κ1) is 18.3. The first-order valence-electron chi connectivity index (χ1n) is 11.1. The highest BCUT2D eigenvalue weighted by Gasteiger charge is 2.48. The Labute approximate surface area is 150 Å². The van der Waals surface area contributed by atoms with Gasteiger partial charge in [-0.1, -0.05) is 52.4 Å². The van der Waals surface area contributed by atoms with Crippen LogP contribution in [0.3, 0.4) is 0 Å². The summed E-state index contributed by atoms with van der Waals surface area (Å²) >= 11 is 0. The summed E-state index contributed by atoms with van der Waals surface area (Å²) in [7, 11) is 0. The third-order valence-electron chi connectivity index (χ3n) is 8.00. The molecule has 0 radical (unpaired) electrons. The van der Waals surface area contributed by atoms with Crippen molar-refractivity contribution in [2.75, 3.05) is 0 Å². The van der Waals surface area contributed by atoms with Gasteiger partial charge in [0, 0.05) is 0 Å². The zero-order valence-corrected chi connectivity index (χ0v) is 16.2. The normalized spacial score (nSPS) is 42.0. The highest BCUT2D eigenvalue weighted by Crippen LogP contribution is 2.56. The maximum absolute atomic E-state index is 9.78. The van der Waals surface area contributed by atoms with Crippen LogP contribution in [0.25, 0.3) is 0 Å². The van der Waals surface area contributed by atoms with Gasteiger partial charge in [0.1, 0.15) is 0 Å². The molecule has 1 heteroatoms. The second kappa shape index (κ2) is 8.25. The number of hydrogen-bond acceptors (Lipinski definition) is 1. The van der Waals surface area contributed by atoms with Crippen LogP contribution in [0, 0.1) is 46.3 Å². The van der Waals surface area contributed by atoms with Gasteiger partial charge in [-0.25, -0.2) is 0 Å². The van der Waals surface area contributed by atoms with Gasteiger partial charge in [0.25, 0.3) is 0 Å². The van der Waals surface area contributed by atoms with E-state index in [2.05, 4.69) is 19.9 Å². The zero-order chi connectivity index (χ0) is 17.0. The van der Waals surface area contributed by atoms with Crippen molar-refractivity contribution in [3.63, 3.8) is 0 Å². The molecule has 3 aliphatic carbocycles. The highest BCUT2D eigenvalue weighted by molar-refractivity contribution is 5.06. The van der Waals surface area contributed by atoms with Crippen LogP contribution in [0.5, 0.6) is 0 Å². The van der Waals surface area contributed by atoms with E-state index in [0.717, 1.165) is 36.0 Å². The number of fused-ring (bicyclic) bond motifs is 3. The van der Waals surface area contributed by atoms with E-state index in [4.69, 9.17) is 0 Å². The standard InChI is InChI=1S/C23H39N/c1-3-5-6-7-18-8-11-21-19(15-18)9-10-20-16-23(17-24,13-4-2)14-12-22(20)21/h18-22H,3-16H2,1-2H3/t18-,19?,20?,21?,22?,23+/m1/s1. The third kappa shape index (κ3) is 3.84. The minimum Gasteiger partial charge on any atom is -0.198 e. The molecule has 6 atom stereocenters. The van der Waals surface area contributed by atoms with Crippen molar-refractivity contribution in [3.8, 4) is 6.07 Å². The molecule has 24 heavy (non-hydrogen) atoms. The second-order valence-corrected chi connectivity index (χ2v) is 9.49. The zero-order valence-electron chi connectivity index (χ0n) is 16.2. The SMILES string of the molecule is CCCCC[C@@H]1CCC2C(CCC3C[C@](C#N)(CCC)CCC32)C1. The van der Waals surface area contributed by atoms with Gasteiger partial charge in [-0.2, -0.15) is 5.26 Å². The van der Waals surface area contributed by atoms with E-state index in [0.29, 0.717) is 0 Å². The number of hydrogen-bond donors (Lipinski definition) is 0. The molecule has 0 spiro atoms. The summed E-state index contributed by atoms with van der Waals surface area (Å²) in [5.74, 6) is 4.94. The first-order valence-corrected chi connectivity index (χ1v) is 11.1. The molecule has 0 saturated heterocycles. The van der Waals surface area contributed by atoms with E-state index >= 15 is 0 Å². The minimum absolute atomic E-state index is 0.0418. The smallest absolute Gasteiger partial charge is 0.0689 e. The van der Waals surface area contributed by atoms with Crippen LogP contribution in [-0.4, -0.2) is 0 Å². The Morgan fingerprint density at radius 1 is 0.917 bits per heavy atom. The summed E-state index contributed by atoms with van der Waals surface area (Å²) in [5.41, 5.74) is 0.0418. The Hall–Kier alpha value is -0.510. The Morgan fingerprint density at radius 2 is 1.71 bits per heavy atom. The van der Waals surface area contributed by atoms with Crippen LogP contribution < -0.4 is 0 Å². The monoisotopic (exact) mass is 329 g/mol. The summed E-state index contributed by atoms with van der Waals surface area (Å²) in [5, 5.41) is 9.78. The Bertz CT molecular complexity index is 436. The van der Waals surface area contributed by atoms with Gasteiger partial charge >= 0.3 is 0 Å². The average molecular weight is 330 g/mol. The molecule has 3 saturated carbocycles. The third-order valence-corrected chi connectivity index (χ3v) is 8.00. The molecule has 3 aliphatic rings. The topological polar surface area (TPSA) is 23.8 Å². The van der Waals surface area contributed by atoms with E-state index in [9.17, 15) is 5.26 Å². The largest absolute Gasteiger partial charge is 0.198 e. The predicted molar refractivity (Wildman–Crippen MR) is 101 cm³/mol. The molecule has 0 aliphatic heterocycles. The first-order chi connectivity index (χ1) is 11.7. The molecule has 0 amide bonds. The summed E-state index contributed by atoms with van der Waals surface area (Å²) < 4.78 is 0. The molecule has 0 N–H and O–H groups in total. The molecule has 3 rings (SSSR count). The van der Waals surface area contributed by atoms with Crippen LogP contribution in [0.4, 0.5) is 0 Å². The summed E-state index contributed by atoms with van der Waals surface area (Å²) in [6, 6.07) is 2.76. The van der Waals surface area contributed by atoms with Crippen molar-refractivity contribution in [3.05, 3.63) is 0 Å². The minimum atomic E-state index is 0.0418. The lowest BCUT2D eigenvalue weighted by Gasteiger charge is -2.52. The molecular formula is C23H39N. The fraction of sp³-hybridized carbons (Fsp3) is 0.957. The van der Waals surface area contributed by atoms with Crippen molar-refractivity contribution in [1.29, 1.82) is 5.26 Å². The van der Waals surface area contributed by atoms with Gasteiger partial charge < -0.3 is 0 Å². The predicted octanol–water partition coefficient (Wildman–Crippen LogP) is 7.12. The van der Waals surface area contributed by atoms with Crippen molar-refractivity contribution in [2.45, 2.75) is 104 Å². The van der Waals surface area contributed by atoms with Gasteiger partial charge in [-0.3, -0.25) is 0 Å². The van der Waals surface area contributed by atoms with Gasteiger partial charge in [-0.05, 0) is 81.0 Å². The maximum atomic E-state index is 9.78. The lowest BCUT2D eigenvalue weighted by molar-refractivity contribution is -0.0178. The Kier molecular flexibility index (Phi) is 6.28. The molecule has 0 aromatic carbocycles. The molecule has 136 valence electrons. The number of unbranched alkanes of at least 4 members (excludes halogenated alkanes) is 2. The molecule has 0 aromatic heterocycles. The maximum Gasteiger partial charge on any atom is 0.0689 e. The fourth-order valence-electron chi connectivity index (χ4n) is 6.83. The van der Waals surface area contributed by atoms with Gasteiger partial charge in [0.05, 0.1) is 11.5 Å². The number of rotatable bonds is 6. The van der Waals surface area contributed by atoms with Crippen molar-refractivity contribution in [1.82, 2.24) is 0 Å². The molecule has 0 bridgehead atoms. The Balaban J connectivity index is 1.56. The van der Waals surface area contributed by atoms with Gasteiger partial charge in [0.2, 0.25) is 0 Å². The van der Waals surface area contributed by atoms with Gasteiger partial charge in [0.15, 0.2) is 0 Å². The fourth-order valence-corrected chi connectivity index (χ4v) is 6.83. The van der Waals surface area contributed by atoms with E-state index in [1.165, 1.54) is 83.5 Å². The van der Waals surface area contributed by atoms with Gasteiger partial charge in [-0.15, -0.1) is 0 Å².